The normalized spacial score (nSPS) is 11.7. The zero-order chi connectivity index (χ0) is 19.8. The molecule has 0 spiro atoms. The summed E-state index contributed by atoms with van der Waals surface area (Å²) in [5.74, 6) is 1.94. The summed E-state index contributed by atoms with van der Waals surface area (Å²) in [5.41, 5.74) is 2.62. The highest BCUT2D eigenvalue weighted by molar-refractivity contribution is 6.05. The molecule has 0 unspecified atom stereocenters. The van der Waals surface area contributed by atoms with Gasteiger partial charge in [0.1, 0.15) is 11.6 Å². The number of aromatic nitrogens is 2. The molecule has 2 aromatic rings. The summed E-state index contributed by atoms with van der Waals surface area (Å²) in [6.45, 7) is 7.98. The molecule has 0 saturated heterocycles. The maximum atomic E-state index is 13.5. The molecule has 28 heavy (non-hydrogen) atoms. The predicted octanol–water partition coefficient (Wildman–Crippen LogP) is 6.06. The van der Waals surface area contributed by atoms with Crippen LogP contribution in [0.15, 0.2) is 42.5 Å². The van der Waals surface area contributed by atoms with E-state index in [9.17, 15) is 4.39 Å². The second-order valence-electron chi connectivity index (χ2n) is 7.41. The largest absolute Gasteiger partial charge is 0.487 e. The van der Waals surface area contributed by atoms with Gasteiger partial charge in [0, 0.05) is 16.6 Å². The van der Waals surface area contributed by atoms with Crippen LogP contribution >= 0.6 is 0 Å². The summed E-state index contributed by atoms with van der Waals surface area (Å²) in [7, 11) is 0. The van der Waals surface area contributed by atoms with Crippen molar-refractivity contribution in [2.24, 2.45) is 0 Å². The zero-order valence-electron chi connectivity index (χ0n) is 16.4. The molecular weight excluding hydrogens is 357 g/mol. The molecule has 0 radical (unpaired) electrons. The quantitative estimate of drug-likeness (QED) is 0.380. The molecule has 1 heterocycles. The van der Waals surface area contributed by atoms with E-state index < -0.39 is 0 Å². The number of rotatable bonds is 6. The second kappa shape index (κ2) is 7.11. The van der Waals surface area contributed by atoms with Crippen molar-refractivity contribution in [1.29, 1.82) is 0 Å². The maximum Gasteiger partial charge on any atom is 0.162 e. The van der Waals surface area contributed by atoms with Crippen molar-refractivity contribution < 1.29 is 13.9 Å². The highest BCUT2D eigenvalue weighted by Gasteiger charge is 2.20. The van der Waals surface area contributed by atoms with Gasteiger partial charge in [0.25, 0.3) is 0 Å². The molecular formula is C22H24FN3O2. The van der Waals surface area contributed by atoms with Crippen molar-refractivity contribution in [1.82, 2.24) is 10.2 Å². The molecule has 0 amide bonds. The summed E-state index contributed by atoms with van der Waals surface area (Å²) >= 11 is 0. The van der Waals surface area contributed by atoms with Crippen molar-refractivity contribution in [2.75, 3.05) is 5.32 Å². The van der Waals surface area contributed by atoms with Gasteiger partial charge in [-0.1, -0.05) is 6.07 Å². The Balaban J connectivity index is 1.76. The van der Waals surface area contributed by atoms with Crippen molar-refractivity contribution in [3.63, 3.8) is 0 Å². The number of H-pyrrole nitrogens is 2. The minimum absolute atomic E-state index is 0.0397. The number of anilines is 2. The van der Waals surface area contributed by atoms with E-state index in [-0.39, 0.29) is 18.0 Å². The third kappa shape index (κ3) is 3.50. The van der Waals surface area contributed by atoms with Gasteiger partial charge in [-0.15, -0.1) is 0 Å². The molecule has 0 bridgehead atoms. The van der Waals surface area contributed by atoms with Crippen LogP contribution in [0.2, 0.25) is 0 Å². The summed E-state index contributed by atoms with van der Waals surface area (Å²) in [6, 6.07) is 12.5. The third-order valence-corrected chi connectivity index (χ3v) is 4.36. The van der Waals surface area contributed by atoms with Gasteiger partial charge in [0.2, 0.25) is 0 Å². The fraction of sp³-hybridized carbons (Fsp3) is 0.273. The van der Waals surface area contributed by atoms with E-state index in [4.69, 9.17) is 9.47 Å². The highest BCUT2D eigenvalue weighted by Crippen LogP contribution is 2.43. The van der Waals surface area contributed by atoms with Gasteiger partial charge in [-0.3, -0.25) is 10.2 Å². The first kappa shape index (κ1) is 18.2. The number of nitrogens with one attached hydrogen (secondary N) is 3. The molecule has 3 N–H and O–H groups in total. The third-order valence-electron chi connectivity index (χ3n) is 4.36. The van der Waals surface area contributed by atoms with E-state index in [2.05, 4.69) is 21.6 Å². The molecule has 0 fully saturated rings. The lowest BCUT2D eigenvalue weighted by molar-refractivity contribution is 0.199. The fourth-order valence-corrected chi connectivity index (χ4v) is 3.31. The van der Waals surface area contributed by atoms with Crippen LogP contribution in [0, 0.1) is 5.82 Å². The summed E-state index contributed by atoms with van der Waals surface area (Å²) in [6.07, 6.45) is 0.0863. The maximum absolute atomic E-state index is 13.5. The molecule has 146 valence electrons. The topological polar surface area (TPSA) is 62.1 Å². The SMILES string of the molecule is CC(C)Oc1cc2cc3c(Nc4cccc(F)c4)[nH][nH]c-3c2cc1OC(C)C. The van der Waals surface area contributed by atoms with Crippen molar-refractivity contribution >= 4 is 22.3 Å². The van der Waals surface area contributed by atoms with Gasteiger partial charge in [-0.25, -0.2) is 4.39 Å². The van der Waals surface area contributed by atoms with Gasteiger partial charge >= 0.3 is 0 Å². The van der Waals surface area contributed by atoms with Crippen LogP contribution in [-0.4, -0.2) is 22.4 Å². The lowest BCUT2D eigenvalue weighted by Crippen LogP contribution is -2.10. The summed E-state index contributed by atoms with van der Waals surface area (Å²) in [5, 5.41) is 11.7. The smallest absolute Gasteiger partial charge is 0.162 e. The molecule has 0 saturated carbocycles. The van der Waals surface area contributed by atoms with Gasteiger partial charge in [0.05, 0.1) is 17.9 Å². The molecule has 0 aromatic heterocycles. The van der Waals surface area contributed by atoms with Crippen LogP contribution in [-0.2, 0) is 0 Å². The minimum atomic E-state index is -0.282. The van der Waals surface area contributed by atoms with E-state index in [1.165, 1.54) is 12.1 Å². The molecule has 1 aliphatic heterocycles. The monoisotopic (exact) mass is 381 g/mol. The number of hydrogen-bond donors (Lipinski definition) is 3. The van der Waals surface area contributed by atoms with E-state index in [1.807, 2.05) is 45.9 Å². The number of halogens is 1. The Labute approximate surface area is 163 Å². The number of ether oxygens (including phenoxy) is 2. The first-order chi connectivity index (χ1) is 13.4. The number of benzene rings is 2. The Bertz CT molecular complexity index is 1080. The number of aromatic amines is 2. The minimum Gasteiger partial charge on any atom is -0.487 e. The van der Waals surface area contributed by atoms with Crippen molar-refractivity contribution in [2.45, 2.75) is 39.9 Å². The molecule has 0 atom stereocenters. The average Bonchev–Trinajstić information content (AvgIpc) is 3.14. The van der Waals surface area contributed by atoms with Crippen molar-refractivity contribution in [3.8, 4) is 22.8 Å². The number of fused-ring (bicyclic) bond motifs is 3. The molecule has 4 rings (SSSR count). The van der Waals surface area contributed by atoms with E-state index in [0.717, 1.165) is 39.3 Å². The molecule has 6 heteroatoms. The van der Waals surface area contributed by atoms with Crippen LogP contribution in [0.25, 0.3) is 22.0 Å². The van der Waals surface area contributed by atoms with Gasteiger partial charge in [0.15, 0.2) is 11.5 Å². The lowest BCUT2D eigenvalue weighted by atomic mass is 10.2. The standard InChI is InChI=1S/C22H24FN3O2/c1-12(2)27-19-9-14-8-18-21(17(14)11-20(19)28-13(3)4)25-26-22(18)24-16-7-5-6-15(23)10-16/h5-13,24-26H,1-4H3. The van der Waals surface area contributed by atoms with Crippen LogP contribution in [0.3, 0.4) is 0 Å². The first-order valence-electron chi connectivity index (χ1n) is 9.43. The van der Waals surface area contributed by atoms with Crippen LogP contribution in [0.4, 0.5) is 15.9 Å². The summed E-state index contributed by atoms with van der Waals surface area (Å²) in [4.78, 5) is 0. The first-order valence-corrected chi connectivity index (χ1v) is 9.43. The fourth-order valence-electron chi connectivity index (χ4n) is 3.31. The van der Waals surface area contributed by atoms with Crippen LogP contribution in [0.1, 0.15) is 27.7 Å². The van der Waals surface area contributed by atoms with E-state index >= 15 is 0 Å². The van der Waals surface area contributed by atoms with Crippen LogP contribution < -0.4 is 14.8 Å². The Morgan fingerprint density at radius 3 is 2.29 bits per heavy atom. The van der Waals surface area contributed by atoms with Gasteiger partial charge in [-0.05, 0) is 69.5 Å². The highest BCUT2D eigenvalue weighted by atomic mass is 19.1. The Morgan fingerprint density at radius 1 is 0.893 bits per heavy atom. The Hall–Kier alpha value is -3.15. The summed E-state index contributed by atoms with van der Waals surface area (Å²) < 4.78 is 25.4. The Morgan fingerprint density at radius 2 is 1.61 bits per heavy atom. The molecule has 2 aliphatic rings. The van der Waals surface area contributed by atoms with Gasteiger partial charge < -0.3 is 14.8 Å². The lowest BCUT2D eigenvalue weighted by Gasteiger charge is -2.17. The molecule has 5 nitrogen and oxygen atoms in total. The van der Waals surface area contributed by atoms with Gasteiger partial charge in [-0.2, -0.15) is 0 Å². The van der Waals surface area contributed by atoms with E-state index in [1.54, 1.807) is 6.07 Å². The zero-order valence-corrected chi connectivity index (χ0v) is 16.4. The number of hydrogen-bond acceptors (Lipinski definition) is 3. The molecule has 2 aromatic carbocycles. The van der Waals surface area contributed by atoms with Crippen LogP contribution in [0.5, 0.6) is 11.5 Å². The predicted molar refractivity (Wildman–Crippen MR) is 110 cm³/mol. The Kier molecular flexibility index (Phi) is 4.63. The molecule has 1 aliphatic carbocycles. The van der Waals surface area contributed by atoms with Crippen molar-refractivity contribution in [3.05, 3.63) is 48.3 Å². The second-order valence-corrected chi connectivity index (χ2v) is 7.41. The van der Waals surface area contributed by atoms with E-state index in [0.29, 0.717) is 5.69 Å². The average molecular weight is 381 g/mol.